The van der Waals surface area contributed by atoms with Gasteiger partial charge in [0.15, 0.2) is 17.3 Å². The van der Waals surface area contributed by atoms with E-state index in [1.807, 2.05) is 12.1 Å². The number of carbonyl (C=O) groups excluding carboxylic acids is 1. The second-order valence-electron chi connectivity index (χ2n) is 12.5. The number of benzene rings is 2. The van der Waals surface area contributed by atoms with Gasteiger partial charge < -0.3 is 29.0 Å². The van der Waals surface area contributed by atoms with E-state index in [9.17, 15) is 9.90 Å². The zero-order valence-corrected chi connectivity index (χ0v) is 24.7. The first kappa shape index (κ1) is 28.5. The highest BCUT2D eigenvalue weighted by Gasteiger charge is 2.45. The molecule has 1 saturated heterocycles. The fraction of sp³-hybridized carbons (Fsp3) is 0.471. The Morgan fingerprint density at radius 2 is 1.69 bits per heavy atom. The van der Waals surface area contributed by atoms with E-state index in [1.54, 1.807) is 44.2 Å². The van der Waals surface area contributed by atoms with Crippen molar-refractivity contribution in [3.05, 3.63) is 83.2 Å². The van der Waals surface area contributed by atoms with Crippen LogP contribution in [-0.4, -0.2) is 60.1 Å². The number of rotatable bonds is 13. The molecule has 0 bridgehead atoms. The van der Waals surface area contributed by atoms with E-state index >= 15 is 0 Å². The van der Waals surface area contributed by atoms with E-state index in [4.69, 9.17) is 18.9 Å². The molecule has 0 unspecified atom stereocenters. The molecule has 1 N–H and O–H groups in total. The Balaban J connectivity index is 1.00. The first-order valence-electron chi connectivity index (χ1n) is 14.8. The molecule has 42 heavy (non-hydrogen) atoms. The van der Waals surface area contributed by atoms with Crippen molar-refractivity contribution in [2.45, 2.75) is 63.8 Å². The molecule has 8 heteroatoms. The van der Waals surface area contributed by atoms with Crippen molar-refractivity contribution in [3.8, 4) is 17.2 Å². The molecule has 1 aliphatic heterocycles. The largest absolute Gasteiger partial charge is 0.493 e. The third kappa shape index (κ3) is 6.88. The molecule has 0 radical (unpaired) electrons. The van der Waals surface area contributed by atoms with E-state index < -0.39 is 5.79 Å². The lowest BCUT2D eigenvalue weighted by atomic mass is 9.91. The zero-order valence-electron chi connectivity index (χ0n) is 24.7. The summed E-state index contributed by atoms with van der Waals surface area (Å²) >= 11 is 0. The van der Waals surface area contributed by atoms with Crippen LogP contribution in [0.5, 0.6) is 17.2 Å². The lowest BCUT2D eigenvalue weighted by Gasteiger charge is -2.39. The van der Waals surface area contributed by atoms with Crippen LogP contribution in [0.15, 0.2) is 60.8 Å². The lowest BCUT2D eigenvalue weighted by molar-refractivity contribution is -0.187. The summed E-state index contributed by atoms with van der Waals surface area (Å²) in [7, 11) is 1.65. The van der Waals surface area contributed by atoms with Crippen LogP contribution in [0, 0.1) is 5.41 Å². The lowest BCUT2D eigenvalue weighted by Crippen LogP contribution is -2.48. The van der Waals surface area contributed by atoms with Crippen LogP contribution in [0.1, 0.15) is 78.5 Å². The molecule has 3 aromatic rings. The highest BCUT2D eigenvalue weighted by atomic mass is 16.6. The molecule has 8 nitrogen and oxygen atoms in total. The molecule has 2 aromatic carbocycles. The van der Waals surface area contributed by atoms with Crippen molar-refractivity contribution in [2.24, 2.45) is 5.41 Å². The molecule has 1 aromatic heterocycles. The van der Waals surface area contributed by atoms with Crippen molar-refractivity contribution in [2.75, 3.05) is 33.4 Å². The molecule has 222 valence electrons. The Morgan fingerprint density at radius 1 is 0.952 bits per heavy atom. The van der Waals surface area contributed by atoms with Gasteiger partial charge in [0.1, 0.15) is 18.1 Å². The molecule has 2 saturated carbocycles. The zero-order chi connectivity index (χ0) is 29.3. The maximum absolute atomic E-state index is 13.2. The molecular weight excluding hydrogens is 532 g/mol. The van der Waals surface area contributed by atoms with Gasteiger partial charge in [0, 0.05) is 36.7 Å². The third-order valence-electron chi connectivity index (χ3n) is 8.43. The molecule has 0 atom stereocenters. The molecule has 0 spiro atoms. The smallest absolute Gasteiger partial charge is 0.272 e. The van der Waals surface area contributed by atoms with Crippen LogP contribution in [-0.2, 0) is 11.3 Å². The Morgan fingerprint density at radius 3 is 2.36 bits per heavy atom. The number of nitrogens with zero attached hydrogens (tertiary/aromatic N) is 2. The van der Waals surface area contributed by atoms with Crippen molar-refractivity contribution < 1.29 is 28.8 Å². The third-order valence-corrected chi connectivity index (χ3v) is 8.43. The van der Waals surface area contributed by atoms with Gasteiger partial charge in [-0.25, -0.2) is 0 Å². The van der Waals surface area contributed by atoms with Gasteiger partial charge in [0.25, 0.3) is 5.91 Å². The van der Waals surface area contributed by atoms with Crippen molar-refractivity contribution >= 4 is 5.91 Å². The van der Waals surface area contributed by atoms with Gasteiger partial charge >= 0.3 is 0 Å². The monoisotopic (exact) mass is 572 g/mol. The summed E-state index contributed by atoms with van der Waals surface area (Å²) in [6.07, 6.45) is 6.18. The number of hydrogen-bond donors (Lipinski definition) is 1. The summed E-state index contributed by atoms with van der Waals surface area (Å²) in [6.45, 7) is 5.87. The van der Waals surface area contributed by atoms with Gasteiger partial charge in [-0.15, -0.1) is 0 Å². The van der Waals surface area contributed by atoms with Crippen LogP contribution < -0.4 is 14.2 Å². The van der Waals surface area contributed by atoms with Crippen LogP contribution in [0.25, 0.3) is 0 Å². The molecular formula is C34H40N2O6. The number of pyridine rings is 1. The first-order valence-corrected chi connectivity index (χ1v) is 14.8. The molecule has 6 rings (SSSR count). The fourth-order valence-corrected chi connectivity index (χ4v) is 5.23. The number of aromatic nitrogens is 1. The topological polar surface area (TPSA) is 90.4 Å². The second kappa shape index (κ2) is 11.6. The minimum Gasteiger partial charge on any atom is -0.493 e. The fourth-order valence-electron chi connectivity index (χ4n) is 5.23. The van der Waals surface area contributed by atoms with Crippen molar-refractivity contribution in [1.29, 1.82) is 0 Å². The predicted octanol–water partition coefficient (Wildman–Crippen LogP) is 5.69. The summed E-state index contributed by atoms with van der Waals surface area (Å²) in [4.78, 5) is 19.3. The number of hydrogen-bond acceptors (Lipinski definition) is 7. The van der Waals surface area contributed by atoms with Crippen molar-refractivity contribution in [1.82, 2.24) is 9.88 Å². The Bertz CT molecular complexity index is 1400. The van der Waals surface area contributed by atoms with Crippen LogP contribution in [0.3, 0.4) is 0 Å². The molecule has 2 heterocycles. The van der Waals surface area contributed by atoms with Gasteiger partial charge in [0.05, 0.1) is 20.3 Å². The molecule has 3 fully saturated rings. The number of carbonyl (C=O) groups is 1. The predicted molar refractivity (Wildman–Crippen MR) is 158 cm³/mol. The maximum atomic E-state index is 13.2. The number of aliphatic hydroxyl groups is 1. The van der Waals surface area contributed by atoms with Gasteiger partial charge in [-0.2, -0.15) is 0 Å². The van der Waals surface area contributed by atoms with Crippen LogP contribution >= 0.6 is 0 Å². The van der Waals surface area contributed by atoms with Gasteiger partial charge in [0.2, 0.25) is 0 Å². The quantitative estimate of drug-likeness (QED) is 0.263. The molecule has 3 aliphatic rings. The number of likely N-dealkylation sites (tertiary alicyclic amines) is 1. The number of methoxy groups -OCH3 is 1. The normalized spacial score (nSPS) is 17.9. The number of ether oxygens (including phenoxy) is 4. The summed E-state index contributed by atoms with van der Waals surface area (Å²) in [6, 6.07) is 18.2. The summed E-state index contributed by atoms with van der Waals surface area (Å²) in [5.41, 5.74) is 3.96. The van der Waals surface area contributed by atoms with Gasteiger partial charge in [-0.3, -0.25) is 9.78 Å². The van der Waals surface area contributed by atoms with E-state index in [0.29, 0.717) is 55.9 Å². The molecule has 1 amide bonds. The summed E-state index contributed by atoms with van der Waals surface area (Å²) < 4.78 is 23.3. The van der Waals surface area contributed by atoms with Gasteiger partial charge in [-0.05, 0) is 80.3 Å². The van der Waals surface area contributed by atoms with E-state index in [-0.39, 0.29) is 17.2 Å². The van der Waals surface area contributed by atoms with Crippen LogP contribution in [0.2, 0.25) is 0 Å². The Hall–Kier alpha value is -3.62. The average molecular weight is 573 g/mol. The number of amides is 1. The Kier molecular flexibility index (Phi) is 7.85. The van der Waals surface area contributed by atoms with E-state index in [1.165, 1.54) is 18.4 Å². The minimum atomic E-state index is -1.16. The highest BCUT2D eigenvalue weighted by molar-refractivity contribution is 5.93. The standard InChI is InChI=1S/C34H40N2O6/c1-33(2,38)42-22-34(13-14-34)21-41-28-12-15-35-29(17-28)32(37)36-18-27(19-36)26-10-11-30(31(16-26)39-3)40-20-23-4-6-24(7-5-23)25-8-9-25/h4-7,10-12,15-17,25,27,38H,8-9,13-14,18-22H2,1-3H3. The van der Waals surface area contributed by atoms with E-state index in [2.05, 4.69) is 35.3 Å². The summed E-state index contributed by atoms with van der Waals surface area (Å²) in [5.74, 6) is 1.71. The second-order valence-corrected chi connectivity index (χ2v) is 12.5. The molecule has 2 aliphatic carbocycles. The maximum Gasteiger partial charge on any atom is 0.272 e. The average Bonchev–Trinajstić information content (AvgIpc) is 3.90. The minimum absolute atomic E-state index is 0.0824. The Labute approximate surface area is 247 Å². The highest BCUT2D eigenvalue weighted by Crippen LogP contribution is 2.46. The summed E-state index contributed by atoms with van der Waals surface area (Å²) in [5, 5.41) is 9.86. The van der Waals surface area contributed by atoms with E-state index in [0.717, 1.165) is 29.9 Å². The van der Waals surface area contributed by atoms with Crippen LogP contribution in [0.4, 0.5) is 0 Å². The SMILES string of the molecule is COc1cc(C2CN(C(=O)c3cc(OCC4(COC(C)(C)O)CC4)ccn3)C2)ccc1OCc1ccc(C2CC2)cc1. The van der Waals surface area contributed by atoms with Crippen molar-refractivity contribution in [3.63, 3.8) is 0 Å². The first-order chi connectivity index (χ1) is 20.2. The van der Waals surface area contributed by atoms with Gasteiger partial charge in [-0.1, -0.05) is 30.3 Å².